The molecule has 2 aliphatic heterocycles. The maximum Gasteiger partial charge on any atom is 0.0233 e. The molecule has 0 bridgehead atoms. The lowest BCUT2D eigenvalue weighted by Gasteiger charge is -2.41. The fourth-order valence-corrected chi connectivity index (χ4v) is 4.36. The molecule has 3 nitrogen and oxygen atoms in total. The second-order valence-corrected chi connectivity index (χ2v) is 8.25. The minimum Gasteiger partial charge on any atom is -0.324 e. The summed E-state index contributed by atoms with van der Waals surface area (Å²) >= 11 is 0. The van der Waals surface area contributed by atoms with Crippen LogP contribution in [-0.4, -0.2) is 48.1 Å². The summed E-state index contributed by atoms with van der Waals surface area (Å²) in [5.41, 5.74) is 8.09. The smallest absolute Gasteiger partial charge is 0.0233 e. The van der Waals surface area contributed by atoms with Gasteiger partial charge in [-0.2, -0.15) is 0 Å². The summed E-state index contributed by atoms with van der Waals surface area (Å²) in [5, 5.41) is 0. The standard InChI is InChI=1S/C19H31N3.ClH/c1-18(2,20)14-22-12-10-19(16-22)9-6-11-21(15-19)13-17-7-4-3-5-8-17;/h3-5,7-8H,6,9-16,20H2,1-2H3;1H. The minimum atomic E-state index is -0.0794. The van der Waals surface area contributed by atoms with Crippen molar-refractivity contribution in [1.82, 2.24) is 9.80 Å². The first-order valence-corrected chi connectivity index (χ1v) is 8.72. The van der Waals surface area contributed by atoms with Crippen LogP contribution in [0.1, 0.15) is 38.7 Å². The van der Waals surface area contributed by atoms with E-state index < -0.39 is 0 Å². The molecule has 3 rings (SSSR count). The van der Waals surface area contributed by atoms with Crippen molar-refractivity contribution in [2.45, 2.75) is 45.2 Å². The van der Waals surface area contributed by atoms with Gasteiger partial charge in [0.05, 0.1) is 0 Å². The second-order valence-electron chi connectivity index (χ2n) is 8.25. The van der Waals surface area contributed by atoms with E-state index in [0.717, 1.165) is 13.1 Å². The minimum absolute atomic E-state index is 0. The molecule has 0 amide bonds. The molecule has 0 saturated carbocycles. The molecular formula is C19H32ClN3. The van der Waals surface area contributed by atoms with Crippen molar-refractivity contribution in [3.8, 4) is 0 Å². The van der Waals surface area contributed by atoms with Gasteiger partial charge >= 0.3 is 0 Å². The molecule has 1 spiro atoms. The van der Waals surface area contributed by atoms with E-state index in [1.165, 1.54) is 51.0 Å². The van der Waals surface area contributed by atoms with Crippen LogP contribution in [0.5, 0.6) is 0 Å². The van der Waals surface area contributed by atoms with Gasteiger partial charge in [0.15, 0.2) is 0 Å². The highest BCUT2D eigenvalue weighted by molar-refractivity contribution is 5.85. The number of halogens is 1. The molecule has 4 heteroatoms. The Labute approximate surface area is 147 Å². The zero-order valence-electron chi connectivity index (χ0n) is 14.6. The Morgan fingerprint density at radius 3 is 2.43 bits per heavy atom. The summed E-state index contributed by atoms with van der Waals surface area (Å²) in [6, 6.07) is 10.9. The lowest BCUT2D eigenvalue weighted by atomic mass is 9.79. The Morgan fingerprint density at radius 2 is 1.74 bits per heavy atom. The predicted molar refractivity (Wildman–Crippen MR) is 100.0 cm³/mol. The number of nitrogens with two attached hydrogens (primary N) is 1. The van der Waals surface area contributed by atoms with E-state index in [-0.39, 0.29) is 17.9 Å². The third-order valence-corrected chi connectivity index (χ3v) is 5.14. The topological polar surface area (TPSA) is 32.5 Å². The predicted octanol–water partition coefficient (Wildman–Crippen LogP) is 3.13. The van der Waals surface area contributed by atoms with Crippen LogP contribution in [0.4, 0.5) is 0 Å². The molecule has 2 heterocycles. The van der Waals surface area contributed by atoms with Gasteiger partial charge in [-0.1, -0.05) is 30.3 Å². The van der Waals surface area contributed by atoms with E-state index in [2.05, 4.69) is 54.0 Å². The van der Waals surface area contributed by atoms with Crippen molar-refractivity contribution in [3.63, 3.8) is 0 Å². The highest BCUT2D eigenvalue weighted by atomic mass is 35.5. The number of hydrogen-bond donors (Lipinski definition) is 1. The van der Waals surface area contributed by atoms with E-state index in [0.29, 0.717) is 5.41 Å². The van der Waals surface area contributed by atoms with E-state index in [4.69, 9.17) is 5.73 Å². The average Bonchev–Trinajstić information content (AvgIpc) is 2.80. The number of piperidine rings is 1. The highest BCUT2D eigenvalue weighted by Crippen LogP contribution is 2.39. The molecule has 2 fully saturated rings. The van der Waals surface area contributed by atoms with Gasteiger partial charge in [-0.3, -0.25) is 4.90 Å². The lowest BCUT2D eigenvalue weighted by molar-refractivity contribution is 0.0853. The van der Waals surface area contributed by atoms with Gasteiger partial charge in [-0.05, 0) is 57.2 Å². The van der Waals surface area contributed by atoms with Gasteiger partial charge in [-0.15, -0.1) is 12.4 Å². The van der Waals surface area contributed by atoms with Crippen LogP contribution >= 0.6 is 12.4 Å². The SMILES string of the molecule is CC(C)(N)CN1CCC2(CCCN(Cc3ccccc3)C2)C1.Cl. The summed E-state index contributed by atoms with van der Waals surface area (Å²) in [6.45, 7) is 11.4. The molecule has 2 N–H and O–H groups in total. The third kappa shape index (κ3) is 5.18. The number of hydrogen-bond acceptors (Lipinski definition) is 3. The fourth-order valence-electron chi connectivity index (χ4n) is 4.36. The normalized spacial score (nSPS) is 26.4. The fraction of sp³-hybridized carbons (Fsp3) is 0.684. The molecule has 0 aromatic heterocycles. The van der Waals surface area contributed by atoms with Crippen molar-refractivity contribution in [2.75, 3.05) is 32.7 Å². The van der Waals surface area contributed by atoms with Crippen molar-refractivity contribution in [1.29, 1.82) is 0 Å². The summed E-state index contributed by atoms with van der Waals surface area (Å²) in [5.74, 6) is 0. The zero-order chi connectivity index (χ0) is 15.6. The van der Waals surface area contributed by atoms with Crippen molar-refractivity contribution < 1.29 is 0 Å². The van der Waals surface area contributed by atoms with Crippen molar-refractivity contribution in [2.24, 2.45) is 11.1 Å². The molecule has 2 saturated heterocycles. The van der Waals surface area contributed by atoms with Crippen molar-refractivity contribution in [3.05, 3.63) is 35.9 Å². The first-order valence-electron chi connectivity index (χ1n) is 8.72. The molecule has 1 unspecified atom stereocenters. The number of likely N-dealkylation sites (tertiary alicyclic amines) is 2. The number of nitrogens with zero attached hydrogens (tertiary/aromatic N) is 2. The van der Waals surface area contributed by atoms with E-state index in [9.17, 15) is 0 Å². The maximum atomic E-state index is 6.21. The summed E-state index contributed by atoms with van der Waals surface area (Å²) < 4.78 is 0. The largest absolute Gasteiger partial charge is 0.324 e. The number of benzene rings is 1. The van der Waals surface area contributed by atoms with E-state index in [1.807, 2.05) is 0 Å². The zero-order valence-corrected chi connectivity index (χ0v) is 15.4. The maximum absolute atomic E-state index is 6.21. The molecule has 0 aliphatic carbocycles. The first kappa shape index (κ1) is 18.7. The monoisotopic (exact) mass is 337 g/mol. The first-order chi connectivity index (χ1) is 10.4. The van der Waals surface area contributed by atoms with Crippen molar-refractivity contribution >= 4 is 12.4 Å². The third-order valence-electron chi connectivity index (χ3n) is 5.14. The molecular weight excluding hydrogens is 306 g/mol. The van der Waals surface area contributed by atoms with Crippen LogP contribution in [0, 0.1) is 5.41 Å². The Bertz CT molecular complexity index is 485. The Balaban J connectivity index is 0.00000192. The summed E-state index contributed by atoms with van der Waals surface area (Å²) in [4.78, 5) is 5.25. The molecule has 1 aromatic carbocycles. The van der Waals surface area contributed by atoms with Gasteiger partial charge in [0.25, 0.3) is 0 Å². The van der Waals surface area contributed by atoms with Crippen LogP contribution in [0.25, 0.3) is 0 Å². The van der Waals surface area contributed by atoms with Gasteiger partial charge in [0.1, 0.15) is 0 Å². The van der Waals surface area contributed by atoms with Crippen LogP contribution in [0.15, 0.2) is 30.3 Å². The Morgan fingerprint density at radius 1 is 1.04 bits per heavy atom. The van der Waals surface area contributed by atoms with E-state index in [1.54, 1.807) is 0 Å². The number of rotatable bonds is 4. The summed E-state index contributed by atoms with van der Waals surface area (Å²) in [6.07, 6.45) is 4.07. The average molecular weight is 338 g/mol. The van der Waals surface area contributed by atoms with E-state index >= 15 is 0 Å². The molecule has 0 radical (unpaired) electrons. The summed E-state index contributed by atoms with van der Waals surface area (Å²) in [7, 11) is 0. The highest BCUT2D eigenvalue weighted by Gasteiger charge is 2.41. The van der Waals surface area contributed by atoms with Gasteiger partial charge < -0.3 is 10.6 Å². The van der Waals surface area contributed by atoms with Gasteiger partial charge in [0.2, 0.25) is 0 Å². The van der Waals surface area contributed by atoms with Gasteiger partial charge in [-0.25, -0.2) is 0 Å². The molecule has 23 heavy (non-hydrogen) atoms. The Hall–Kier alpha value is -0.610. The lowest BCUT2D eigenvalue weighted by Crippen LogP contribution is -2.47. The molecule has 130 valence electrons. The molecule has 1 atom stereocenters. The molecule has 1 aromatic rings. The quantitative estimate of drug-likeness (QED) is 0.916. The Kier molecular flexibility index (Phi) is 6.12. The van der Waals surface area contributed by atoms with Gasteiger partial charge in [0, 0.05) is 31.7 Å². The second kappa shape index (κ2) is 7.52. The van der Waals surface area contributed by atoms with Crippen LogP contribution in [0.2, 0.25) is 0 Å². The van der Waals surface area contributed by atoms with Crippen LogP contribution < -0.4 is 5.73 Å². The molecule has 2 aliphatic rings. The van der Waals surface area contributed by atoms with Crippen LogP contribution in [-0.2, 0) is 6.54 Å². The van der Waals surface area contributed by atoms with Crippen LogP contribution in [0.3, 0.4) is 0 Å².